The van der Waals surface area contributed by atoms with Crippen molar-refractivity contribution in [2.24, 2.45) is 0 Å². The molecule has 27 heavy (non-hydrogen) atoms. The summed E-state index contributed by atoms with van der Waals surface area (Å²) in [5, 5.41) is 15.4. The normalized spacial score (nSPS) is 19.7. The van der Waals surface area contributed by atoms with Gasteiger partial charge in [-0.2, -0.15) is 4.68 Å². The van der Waals surface area contributed by atoms with Crippen LogP contribution in [0.15, 0.2) is 60.7 Å². The molecule has 4 rings (SSSR count). The van der Waals surface area contributed by atoms with Crippen LogP contribution in [0.3, 0.4) is 0 Å². The summed E-state index contributed by atoms with van der Waals surface area (Å²) < 4.78 is 1.74. The maximum atomic E-state index is 11.8. The molecule has 1 N–H and O–H groups in total. The van der Waals surface area contributed by atoms with Gasteiger partial charge in [-0.05, 0) is 34.5 Å². The van der Waals surface area contributed by atoms with Crippen LogP contribution in [-0.4, -0.2) is 45.2 Å². The van der Waals surface area contributed by atoms with Crippen LogP contribution < -0.4 is 10.2 Å². The van der Waals surface area contributed by atoms with Gasteiger partial charge in [0.2, 0.25) is 11.9 Å². The van der Waals surface area contributed by atoms with Crippen molar-refractivity contribution in [1.29, 1.82) is 0 Å². The summed E-state index contributed by atoms with van der Waals surface area (Å²) in [6, 6.07) is 20.2. The van der Waals surface area contributed by atoms with Gasteiger partial charge in [0.1, 0.15) is 0 Å². The van der Waals surface area contributed by atoms with E-state index in [1.54, 1.807) is 11.6 Å². The van der Waals surface area contributed by atoms with Crippen molar-refractivity contribution < 1.29 is 4.79 Å². The number of nitrogens with one attached hydrogen (secondary N) is 1. The van der Waals surface area contributed by atoms with E-state index in [0.29, 0.717) is 12.5 Å². The lowest BCUT2D eigenvalue weighted by atomic mass is 9.85. The van der Waals surface area contributed by atoms with Gasteiger partial charge < -0.3 is 10.2 Å². The lowest BCUT2D eigenvalue weighted by Crippen LogP contribution is -2.52. The van der Waals surface area contributed by atoms with Crippen LogP contribution in [0.4, 0.5) is 5.95 Å². The molecule has 138 valence electrons. The second kappa shape index (κ2) is 7.57. The largest absolute Gasteiger partial charge is 0.351 e. The monoisotopic (exact) mass is 362 g/mol. The fourth-order valence-electron chi connectivity index (χ4n) is 3.76. The molecule has 3 aromatic rings. The molecule has 0 radical (unpaired) electrons. The van der Waals surface area contributed by atoms with Crippen LogP contribution in [0.2, 0.25) is 0 Å². The van der Waals surface area contributed by atoms with E-state index in [9.17, 15) is 4.79 Å². The first-order valence-electron chi connectivity index (χ1n) is 9.13. The number of benzene rings is 2. The highest BCUT2D eigenvalue weighted by Gasteiger charge is 2.33. The minimum atomic E-state index is -0.0227. The predicted octanol–water partition coefficient (Wildman–Crippen LogP) is 2.16. The second-order valence-corrected chi connectivity index (χ2v) is 6.79. The van der Waals surface area contributed by atoms with Gasteiger partial charge in [-0.1, -0.05) is 53.6 Å². The van der Waals surface area contributed by atoms with Crippen molar-refractivity contribution in [1.82, 2.24) is 25.5 Å². The Kier molecular flexibility index (Phi) is 4.82. The number of para-hydroxylation sites is 1. The van der Waals surface area contributed by atoms with Crippen LogP contribution in [0.5, 0.6) is 0 Å². The van der Waals surface area contributed by atoms with E-state index < -0.39 is 0 Å². The molecular weight excluding hydrogens is 340 g/mol. The number of anilines is 1. The van der Waals surface area contributed by atoms with E-state index in [1.165, 1.54) is 5.56 Å². The Morgan fingerprint density at radius 3 is 2.48 bits per heavy atom. The predicted molar refractivity (Wildman–Crippen MR) is 103 cm³/mol. The van der Waals surface area contributed by atoms with Gasteiger partial charge in [0.25, 0.3) is 0 Å². The van der Waals surface area contributed by atoms with Crippen LogP contribution in [-0.2, 0) is 4.79 Å². The van der Waals surface area contributed by atoms with Crippen molar-refractivity contribution in [3.63, 3.8) is 0 Å². The zero-order valence-electron chi connectivity index (χ0n) is 15.2. The molecule has 1 saturated heterocycles. The molecule has 0 unspecified atom stereocenters. The number of piperidine rings is 1. The average molecular weight is 362 g/mol. The molecule has 2 heterocycles. The number of tetrazole rings is 1. The lowest BCUT2D eigenvalue weighted by Gasteiger charge is -2.39. The minimum Gasteiger partial charge on any atom is -0.351 e. The van der Waals surface area contributed by atoms with Gasteiger partial charge in [-0.15, -0.1) is 0 Å². The Morgan fingerprint density at radius 2 is 1.78 bits per heavy atom. The van der Waals surface area contributed by atoms with Crippen molar-refractivity contribution in [2.45, 2.75) is 25.3 Å². The van der Waals surface area contributed by atoms with Crippen LogP contribution in [0.1, 0.15) is 24.8 Å². The highest BCUT2D eigenvalue weighted by Crippen LogP contribution is 2.30. The fraction of sp³-hybridized carbons (Fsp3) is 0.300. The van der Waals surface area contributed by atoms with Crippen molar-refractivity contribution >= 4 is 11.9 Å². The summed E-state index contributed by atoms with van der Waals surface area (Å²) in [5.41, 5.74) is 2.16. The highest BCUT2D eigenvalue weighted by atomic mass is 16.1. The Morgan fingerprint density at radius 1 is 1.07 bits per heavy atom. The van der Waals surface area contributed by atoms with Crippen LogP contribution in [0, 0.1) is 0 Å². The van der Waals surface area contributed by atoms with Gasteiger partial charge in [0.05, 0.1) is 11.7 Å². The molecule has 2 atom stereocenters. The highest BCUT2D eigenvalue weighted by molar-refractivity contribution is 5.73. The lowest BCUT2D eigenvalue weighted by molar-refractivity contribution is -0.119. The number of hydrogen-bond donors (Lipinski definition) is 1. The molecule has 1 fully saturated rings. The Hall–Kier alpha value is -3.22. The second-order valence-electron chi connectivity index (χ2n) is 6.79. The standard InChI is InChI=1S/C20H22N6O/c1-15(27)21-19-14-25(13-12-18(19)16-8-4-2-5-9-16)20-22-23-24-26(20)17-10-6-3-7-11-17/h2-11,18-19H,12-14H2,1H3,(H,21,27)/t18-,19-/m0/s1. The maximum Gasteiger partial charge on any atom is 0.250 e. The Bertz CT molecular complexity index is 895. The third-order valence-electron chi connectivity index (χ3n) is 4.97. The van der Waals surface area contributed by atoms with E-state index in [2.05, 4.69) is 37.9 Å². The first-order valence-corrected chi connectivity index (χ1v) is 9.13. The van der Waals surface area contributed by atoms with Crippen molar-refractivity contribution in [2.75, 3.05) is 18.0 Å². The summed E-state index contributed by atoms with van der Waals surface area (Å²) in [5.74, 6) is 0.945. The number of carbonyl (C=O) groups excluding carboxylic acids is 1. The van der Waals surface area contributed by atoms with Crippen LogP contribution >= 0.6 is 0 Å². The van der Waals surface area contributed by atoms with E-state index >= 15 is 0 Å². The number of amides is 1. The summed E-state index contributed by atoms with van der Waals surface area (Å²) >= 11 is 0. The van der Waals surface area contributed by atoms with Crippen molar-refractivity contribution in [3.8, 4) is 5.69 Å². The first kappa shape index (κ1) is 17.2. The average Bonchev–Trinajstić information content (AvgIpc) is 3.19. The summed E-state index contributed by atoms with van der Waals surface area (Å²) in [7, 11) is 0. The molecule has 7 heteroatoms. The number of hydrogen-bond acceptors (Lipinski definition) is 5. The molecular formula is C20H22N6O. The van der Waals surface area contributed by atoms with Crippen molar-refractivity contribution in [3.05, 3.63) is 66.2 Å². The number of nitrogens with zero attached hydrogens (tertiary/aromatic N) is 5. The minimum absolute atomic E-state index is 0.000395. The summed E-state index contributed by atoms with van der Waals surface area (Å²) in [6.45, 7) is 3.05. The third kappa shape index (κ3) is 3.67. The first-order chi connectivity index (χ1) is 13.2. The molecule has 1 amide bonds. The van der Waals surface area contributed by atoms with Gasteiger partial charge in [-0.3, -0.25) is 4.79 Å². The summed E-state index contributed by atoms with van der Waals surface area (Å²) in [4.78, 5) is 13.9. The molecule has 0 saturated carbocycles. The molecule has 1 aromatic heterocycles. The van der Waals surface area contributed by atoms with Gasteiger partial charge in [0.15, 0.2) is 0 Å². The van der Waals surface area contributed by atoms with Gasteiger partial charge in [-0.25, -0.2) is 0 Å². The van der Waals surface area contributed by atoms with Gasteiger partial charge >= 0.3 is 0 Å². The molecule has 1 aliphatic rings. The fourth-order valence-corrected chi connectivity index (χ4v) is 3.76. The van der Waals surface area contributed by atoms with Gasteiger partial charge in [0, 0.05) is 25.9 Å². The quantitative estimate of drug-likeness (QED) is 0.770. The molecule has 0 bridgehead atoms. The zero-order chi connectivity index (χ0) is 18.6. The van der Waals surface area contributed by atoms with E-state index in [4.69, 9.17) is 0 Å². The molecule has 2 aromatic carbocycles. The number of aromatic nitrogens is 4. The van der Waals surface area contributed by atoms with E-state index in [0.717, 1.165) is 18.7 Å². The zero-order valence-corrected chi connectivity index (χ0v) is 15.2. The summed E-state index contributed by atoms with van der Waals surface area (Å²) in [6.07, 6.45) is 0.913. The third-order valence-corrected chi connectivity index (χ3v) is 4.97. The smallest absolute Gasteiger partial charge is 0.250 e. The molecule has 7 nitrogen and oxygen atoms in total. The number of rotatable bonds is 4. The Labute approximate surface area is 158 Å². The molecule has 1 aliphatic heterocycles. The maximum absolute atomic E-state index is 11.8. The molecule has 0 spiro atoms. The number of carbonyl (C=O) groups is 1. The Balaban J connectivity index is 1.60. The topological polar surface area (TPSA) is 75.9 Å². The van der Waals surface area contributed by atoms with E-state index in [-0.39, 0.29) is 17.9 Å². The van der Waals surface area contributed by atoms with E-state index in [1.807, 2.05) is 48.5 Å². The van der Waals surface area contributed by atoms with Crippen LogP contribution in [0.25, 0.3) is 5.69 Å². The SMILES string of the molecule is CC(=O)N[C@H]1CN(c2nnnn2-c2ccccc2)CC[C@H]1c1ccccc1. The molecule has 0 aliphatic carbocycles.